The van der Waals surface area contributed by atoms with E-state index < -0.39 is 22.8 Å². The Morgan fingerprint density at radius 1 is 1.03 bits per heavy atom. The molecule has 0 saturated carbocycles. The first kappa shape index (κ1) is 20.8. The fourth-order valence-electron chi connectivity index (χ4n) is 3.15. The van der Waals surface area contributed by atoms with Gasteiger partial charge >= 0.3 is 11.7 Å². The molecular formula is C22H20N2O6. The number of hydrogen-bond acceptors (Lipinski definition) is 6. The normalized spacial score (nSPS) is 11.5. The van der Waals surface area contributed by atoms with Gasteiger partial charge in [0.05, 0.1) is 19.1 Å². The number of carbonyl (C=O) groups excluding carboxylic acids is 2. The second-order valence-electron chi connectivity index (χ2n) is 6.58. The quantitative estimate of drug-likeness (QED) is 0.365. The highest BCUT2D eigenvalue weighted by atomic mass is 16.6. The van der Waals surface area contributed by atoms with Crippen LogP contribution in [0.5, 0.6) is 5.75 Å². The van der Waals surface area contributed by atoms with Crippen LogP contribution < -0.4 is 10.1 Å². The Morgan fingerprint density at radius 2 is 1.77 bits per heavy atom. The number of ether oxygens (including phenoxy) is 2. The van der Waals surface area contributed by atoms with E-state index in [-0.39, 0.29) is 17.9 Å². The number of amides is 1. The lowest BCUT2D eigenvalue weighted by Crippen LogP contribution is -2.43. The largest absolute Gasteiger partial charge is 0.490 e. The SMILES string of the molecule is COC(=O)[C@H](Cc1ccc(OC)c([N+](=O)[O-])c1)NC(=O)c1ccc2ccccc2c1. The molecule has 0 bridgehead atoms. The minimum absolute atomic E-state index is 0.0246. The summed E-state index contributed by atoms with van der Waals surface area (Å²) in [4.78, 5) is 35.7. The second kappa shape index (κ2) is 9.04. The minimum Gasteiger partial charge on any atom is -0.490 e. The van der Waals surface area contributed by atoms with Crippen LogP contribution in [0, 0.1) is 10.1 Å². The topological polar surface area (TPSA) is 108 Å². The van der Waals surface area contributed by atoms with E-state index >= 15 is 0 Å². The Morgan fingerprint density at radius 3 is 2.43 bits per heavy atom. The number of rotatable bonds is 7. The summed E-state index contributed by atoms with van der Waals surface area (Å²) in [6.45, 7) is 0. The van der Waals surface area contributed by atoms with Gasteiger partial charge in [0.15, 0.2) is 5.75 Å². The molecular weight excluding hydrogens is 388 g/mol. The zero-order chi connectivity index (χ0) is 21.7. The number of fused-ring (bicyclic) bond motifs is 1. The molecule has 0 radical (unpaired) electrons. The third-order valence-electron chi connectivity index (χ3n) is 4.68. The molecule has 1 N–H and O–H groups in total. The van der Waals surface area contributed by atoms with Crippen molar-refractivity contribution in [1.29, 1.82) is 0 Å². The lowest BCUT2D eigenvalue weighted by Gasteiger charge is -2.17. The van der Waals surface area contributed by atoms with Crippen LogP contribution >= 0.6 is 0 Å². The Hall–Kier alpha value is -3.94. The maximum Gasteiger partial charge on any atom is 0.328 e. The molecule has 154 valence electrons. The summed E-state index contributed by atoms with van der Waals surface area (Å²) in [6.07, 6.45) is 0.0246. The third kappa shape index (κ3) is 4.54. The highest BCUT2D eigenvalue weighted by Crippen LogP contribution is 2.28. The number of methoxy groups -OCH3 is 2. The van der Waals surface area contributed by atoms with E-state index in [1.54, 1.807) is 18.2 Å². The molecule has 0 aliphatic rings. The zero-order valence-electron chi connectivity index (χ0n) is 16.5. The predicted molar refractivity (Wildman–Crippen MR) is 111 cm³/mol. The van der Waals surface area contributed by atoms with Crippen molar-refractivity contribution in [3.8, 4) is 5.75 Å². The number of nitro benzene ring substituents is 1. The Labute approximate surface area is 172 Å². The van der Waals surface area contributed by atoms with Gasteiger partial charge in [0.25, 0.3) is 5.91 Å². The Kier molecular flexibility index (Phi) is 6.26. The van der Waals surface area contributed by atoms with Gasteiger partial charge in [-0.15, -0.1) is 0 Å². The molecule has 8 nitrogen and oxygen atoms in total. The van der Waals surface area contributed by atoms with Crippen molar-refractivity contribution in [3.05, 3.63) is 81.9 Å². The number of nitro groups is 1. The molecule has 0 unspecified atom stereocenters. The molecule has 1 amide bonds. The molecule has 0 spiro atoms. The summed E-state index contributed by atoms with van der Waals surface area (Å²) < 4.78 is 9.79. The van der Waals surface area contributed by atoms with Gasteiger partial charge < -0.3 is 14.8 Å². The van der Waals surface area contributed by atoms with E-state index in [2.05, 4.69) is 5.32 Å². The van der Waals surface area contributed by atoms with Crippen LogP contribution in [0.3, 0.4) is 0 Å². The van der Waals surface area contributed by atoms with E-state index in [0.29, 0.717) is 11.1 Å². The van der Waals surface area contributed by atoms with Gasteiger partial charge in [-0.05, 0) is 34.5 Å². The number of benzene rings is 3. The van der Waals surface area contributed by atoms with Crippen molar-refractivity contribution in [2.45, 2.75) is 12.5 Å². The van der Waals surface area contributed by atoms with Crippen molar-refractivity contribution in [3.63, 3.8) is 0 Å². The molecule has 30 heavy (non-hydrogen) atoms. The summed E-state index contributed by atoms with van der Waals surface area (Å²) in [6, 6.07) is 16.2. The van der Waals surface area contributed by atoms with Crippen LogP contribution in [0.4, 0.5) is 5.69 Å². The van der Waals surface area contributed by atoms with Crippen LogP contribution in [0.15, 0.2) is 60.7 Å². The van der Waals surface area contributed by atoms with Crippen molar-refractivity contribution in [2.24, 2.45) is 0 Å². The number of hydrogen-bond donors (Lipinski definition) is 1. The molecule has 1 atom stereocenters. The van der Waals surface area contributed by atoms with Crippen LogP contribution in [0.25, 0.3) is 10.8 Å². The second-order valence-corrected chi connectivity index (χ2v) is 6.58. The minimum atomic E-state index is -1.01. The monoisotopic (exact) mass is 408 g/mol. The Balaban J connectivity index is 1.84. The average Bonchev–Trinajstić information content (AvgIpc) is 2.77. The zero-order valence-corrected chi connectivity index (χ0v) is 16.5. The number of nitrogens with zero attached hydrogens (tertiary/aromatic N) is 1. The van der Waals surface area contributed by atoms with E-state index in [9.17, 15) is 19.7 Å². The molecule has 0 heterocycles. The summed E-state index contributed by atoms with van der Waals surface area (Å²) in [7, 11) is 2.55. The highest BCUT2D eigenvalue weighted by Gasteiger charge is 2.24. The molecule has 3 aromatic rings. The number of esters is 1. The maximum atomic E-state index is 12.7. The first-order chi connectivity index (χ1) is 14.4. The Bertz CT molecular complexity index is 1110. The van der Waals surface area contributed by atoms with Crippen molar-refractivity contribution >= 4 is 28.3 Å². The first-order valence-electron chi connectivity index (χ1n) is 9.11. The predicted octanol–water partition coefficient (Wildman–Crippen LogP) is 3.27. The van der Waals surface area contributed by atoms with E-state index in [0.717, 1.165) is 10.8 Å². The third-order valence-corrected chi connectivity index (χ3v) is 4.68. The fraction of sp³-hybridized carbons (Fsp3) is 0.182. The van der Waals surface area contributed by atoms with Gasteiger partial charge in [0.1, 0.15) is 6.04 Å². The number of carbonyl (C=O) groups is 2. The standard InChI is InChI=1S/C22H20N2O6/c1-29-20-10-7-14(12-19(20)24(27)28)11-18(22(26)30-2)23-21(25)17-9-8-15-5-3-4-6-16(15)13-17/h3-10,12-13,18H,11H2,1-2H3,(H,23,25)/t18-/m0/s1. The van der Waals surface area contributed by atoms with E-state index in [4.69, 9.17) is 9.47 Å². The highest BCUT2D eigenvalue weighted by molar-refractivity contribution is 6.00. The van der Waals surface area contributed by atoms with Gasteiger partial charge in [-0.3, -0.25) is 14.9 Å². The van der Waals surface area contributed by atoms with E-state index in [1.807, 2.05) is 30.3 Å². The van der Waals surface area contributed by atoms with Gasteiger partial charge in [-0.2, -0.15) is 0 Å². The lowest BCUT2D eigenvalue weighted by atomic mass is 10.0. The van der Waals surface area contributed by atoms with Crippen LogP contribution in [-0.4, -0.2) is 37.1 Å². The average molecular weight is 408 g/mol. The van der Waals surface area contributed by atoms with Crippen LogP contribution in [0.1, 0.15) is 15.9 Å². The fourth-order valence-corrected chi connectivity index (χ4v) is 3.15. The molecule has 0 fully saturated rings. The first-order valence-corrected chi connectivity index (χ1v) is 9.11. The molecule has 8 heteroatoms. The van der Waals surface area contributed by atoms with Crippen molar-refractivity contribution < 1.29 is 24.0 Å². The summed E-state index contributed by atoms with van der Waals surface area (Å²) in [5.41, 5.74) is 0.652. The van der Waals surface area contributed by atoms with Gasteiger partial charge in [0.2, 0.25) is 0 Å². The summed E-state index contributed by atoms with van der Waals surface area (Å²) in [5.74, 6) is -0.986. The van der Waals surface area contributed by atoms with Crippen LogP contribution in [-0.2, 0) is 16.0 Å². The smallest absolute Gasteiger partial charge is 0.328 e. The van der Waals surface area contributed by atoms with Crippen molar-refractivity contribution in [1.82, 2.24) is 5.32 Å². The van der Waals surface area contributed by atoms with Gasteiger partial charge in [0, 0.05) is 18.1 Å². The number of nitrogens with one attached hydrogen (secondary N) is 1. The van der Waals surface area contributed by atoms with E-state index in [1.165, 1.54) is 26.4 Å². The van der Waals surface area contributed by atoms with Crippen LogP contribution in [0.2, 0.25) is 0 Å². The van der Waals surface area contributed by atoms with Crippen molar-refractivity contribution in [2.75, 3.05) is 14.2 Å². The molecule has 3 rings (SSSR count). The van der Waals surface area contributed by atoms with Gasteiger partial charge in [-0.1, -0.05) is 36.4 Å². The molecule has 0 aliphatic carbocycles. The summed E-state index contributed by atoms with van der Waals surface area (Å²) in [5, 5.41) is 15.8. The van der Waals surface area contributed by atoms with Gasteiger partial charge in [-0.25, -0.2) is 4.79 Å². The maximum absolute atomic E-state index is 12.7. The molecule has 0 saturated heterocycles. The molecule has 3 aromatic carbocycles. The lowest BCUT2D eigenvalue weighted by molar-refractivity contribution is -0.385. The molecule has 0 aliphatic heterocycles. The summed E-state index contributed by atoms with van der Waals surface area (Å²) >= 11 is 0. The molecule has 0 aromatic heterocycles.